The second-order valence-electron chi connectivity index (χ2n) is 3.99. The van der Waals surface area contributed by atoms with Gasteiger partial charge in [-0.3, -0.25) is 4.72 Å². The quantitative estimate of drug-likeness (QED) is 0.765. The van der Waals surface area contributed by atoms with Crippen LogP contribution in [0.5, 0.6) is 0 Å². The van der Waals surface area contributed by atoms with Crippen LogP contribution in [-0.4, -0.2) is 8.42 Å². The third kappa shape index (κ3) is 3.47. The summed E-state index contributed by atoms with van der Waals surface area (Å²) in [6, 6.07) is 8.84. The lowest BCUT2D eigenvalue weighted by Crippen LogP contribution is -2.11. The zero-order valence-corrected chi connectivity index (χ0v) is 14.0. The number of nitrogens with two attached hydrogens (primary N) is 1. The molecule has 2 rings (SSSR count). The highest BCUT2D eigenvalue weighted by Gasteiger charge is 2.18. The summed E-state index contributed by atoms with van der Waals surface area (Å²) in [5.74, 6) is 0. The molecule has 4 nitrogen and oxygen atoms in total. The van der Waals surface area contributed by atoms with Crippen molar-refractivity contribution in [3.63, 3.8) is 0 Å². The molecule has 1 aromatic carbocycles. The van der Waals surface area contributed by atoms with Gasteiger partial charge in [-0.05, 0) is 65.4 Å². The fourth-order valence-corrected chi connectivity index (χ4v) is 4.43. The van der Waals surface area contributed by atoms with Crippen molar-refractivity contribution in [2.75, 3.05) is 4.72 Å². The van der Waals surface area contributed by atoms with Gasteiger partial charge in [0.05, 0.1) is 0 Å². The van der Waals surface area contributed by atoms with Gasteiger partial charge in [0.15, 0.2) is 0 Å². The molecule has 0 unspecified atom stereocenters. The van der Waals surface area contributed by atoms with Gasteiger partial charge >= 0.3 is 0 Å². The Kier molecular flexibility index (Phi) is 4.49. The topological polar surface area (TPSA) is 72.2 Å². The number of rotatable bonds is 4. The summed E-state index contributed by atoms with van der Waals surface area (Å²) in [7, 11) is -3.53. The molecule has 1 aromatic heterocycles. The van der Waals surface area contributed by atoms with Crippen molar-refractivity contribution >= 4 is 49.6 Å². The van der Waals surface area contributed by atoms with E-state index in [0.717, 1.165) is 14.0 Å². The lowest BCUT2D eigenvalue weighted by Gasteiger charge is -2.05. The van der Waals surface area contributed by atoms with Crippen LogP contribution in [0.2, 0.25) is 0 Å². The molecule has 0 bridgehead atoms. The summed E-state index contributed by atoms with van der Waals surface area (Å²) in [5, 5.41) is 0. The summed E-state index contributed by atoms with van der Waals surface area (Å²) in [5.41, 5.74) is 7.04. The van der Waals surface area contributed by atoms with Crippen molar-refractivity contribution in [1.29, 1.82) is 0 Å². The van der Waals surface area contributed by atoms with Crippen molar-refractivity contribution < 1.29 is 8.42 Å². The summed E-state index contributed by atoms with van der Waals surface area (Å²) in [6.07, 6.45) is 0. The van der Waals surface area contributed by atoms with Crippen LogP contribution >= 0.6 is 33.9 Å². The number of thiophene rings is 1. The number of sulfonamides is 1. The van der Waals surface area contributed by atoms with Gasteiger partial charge in [-0.1, -0.05) is 0 Å². The molecular weight excluding hydrogens is 395 g/mol. The summed E-state index contributed by atoms with van der Waals surface area (Å²) < 4.78 is 28.4. The van der Waals surface area contributed by atoms with Gasteiger partial charge in [-0.25, -0.2) is 8.42 Å². The minimum absolute atomic E-state index is 0.295. The van der Waals surface area contributed by atoms with Crippen LogP contribution in [0.25, 0.3) is 0 Å². The van der Waals surface area contributed by atoms with E-state index >= 15 is 0 Å². The molecule has 19 heavy (non-hydrogen) atoms. The maximum Gasteiger partial charge on any atom is 0.271 e. The van der Waals surface area contributed by atoms with Gasteiger partial charge < -0.3 is 5.73 Å². The number of hydrogen-bond acceptors (Lipinski definition) is 4. The Labute approximate surface area is 130 Å². The van der Waals surface area contributed by atoms with E-state index in [1.165, 1.54) is 11.3 Å². The molecule has 1 heterocycles. The maximum atomic E-state index is 12.2. The van der Waals surface area contributed by atoms with Crippen LogP contribution in [-0.2, 0) is 16.6 Å². The third-order valence-electron chi connectivity index (χ3n) is 2.54. The van der Waals surface area contributed by atoms with Crippen LogP contribution in [0, 0.1) is 10.5 Å². The van der Waals surface area contributed by atoms with E-state index < -0.39 is 10.0 Å². The van der Waals surface area contributed by atoms with Crippen molar-refractivity contribution in [2.24, 2.45) is 5.73 Å². The molecule has 0 aliphatic rings. The third-order valence-corrected chi connectivity index (χ3v) is 6.38. The average Bonchev–Trinajstić information content (AvgIpc) is 2.74. The Hall–Kier alpha value is -0.640. The first-order valence-electron chi connectivity index (χ1n) is 5.50. The number of benzene rings is 1. The summed E-state index contributed by atoms with van der Waals surface area (Å²) in [4.78, 5) is 0.892. The molecule has 0 amide bonds. The van der Waals surface area contributed by atoms with Gasteiger partial charge in [0.2, 0.25) is 0 Å². The summed E-state index contributed by atoms with van der Waals surface area (Å²) >= 11 is 3.38. The Bertz CT molecular complexity index is 678. The molecule has 0 aliphatic heterocycles. The first kappa shape index (κ1) is 14.8. The van der Waals surface area contributed by atoms with Gasteiger partial charge in [0, 0.05) is 20.7 Å². The zero-order valence-electron chi connectivity index (χ0n) is 10.2. The number of anilines is 1. The van der Waals surface area contributed by atoms with Crippen LogP contribution in [0.4, 0.5) is 5.69 Å². The predicted molar refractivity (Wildman–Crippen MR) is 86.9 cm³/mol. The van der Waals surface area contributed by atoms with E-state index in [1.54, 1.807) is 18.2 Å². The van der Waals surface area contributed by atoms with Gasteiger partial charge in [0.25, 0.3) is 10.0 Å². The SMILES string of the molecule is Cc1cc(S(=O)(=O)Nc2ccc(I)cc2)sc1CN. The first-order chi connectivity index (χ1) is 8.92. The van der Waals surface area contributed by atoms with E-state index in [2.05, 4.69) is 27.3 Å². The van der Waals surface area contributed by atoms with Crippen molar-refractivity contribution in [2.45, 2.75) is 17.7 Å². The molecule has 0 atom stereocenters. The van der Waals surface area contributed by atoms with Crippen LogP contribution in [0.3, 0.4) is 0 Å². The molecule has 0 fully saturated rings. The Morgan fingerprint density at radius 1 is 1.32 bits per heavy atom. The molecule has 7 heteroatoms. The second-order valence-corrected chi connectivity index (χ2v) is 8.28. The predicted octanol–water partition coefficient (Wildman–Crippen LogP) is 2.92. The van der Waals surface area contributed by atoms with E-state index in [4.69, 9.17) is 5.73 Å². The van der Waals surface area contributed by atoms with Crippen molar-refractivity contribution in [1.82, 2.24) is 0 Å². The monoisotopic (exact) mass is 408 g/mol. The molecule has 0 saturated carbocycles. The number of hydrogen-bond donors (Lipinski definition) is 2. The lowest BCUT2D eigenvalue weighted by molar-refractivity contribution is 0.603. The molecule has 2 aromatic rings. The highest BCUT2D eigenvalue weighted by molar-refractivity contribution is 14.1. The smallest absolute Gasteiger partial charge is 0.271 e. The Morgan fingerprint density at radius 3 is 2.47 bits per heavy atom. The fourth-order valence-electron chi connectivity index (χ4n) is 1.55. The van der Waals surface area contributed by atoms with E-state index in [0.29, 0.717) is 16.4 Å². The molecule has 3 N–H and O–H groups in total. The van der Waals surface area contributed by atoms with Crippen molar-refractivity contribution in [3.05, 3.63) is 44.3 Å². The van der Waals surface area contributed by atoms with Crippen molar-refractivity contribution in [3.8, 4) is 0 Å². The highest BCUT2D eigenvalue weighted by Crippen LogP contribution is 2.27. The zero-order chi connectivity index (χ0) is 14.0. The number of aryl methyl sites for hydroxylation is 1. The largest absolute Gasteiger partial charge is 0.326 e. The van der Waals surface area contributed by atoms with E-state index in [9.17, 15) is 8.42 Å². The van der Waals surface area contributed by atoms with E-state index in [-0.39, 0.29) is 0 Å². The standard InChI is InChI=1S/C12H13IN2O2S2/c1-8-6-12(18-11(8)7-14)19(16,17)15-10-4-2-9(13)3-5-10/h2-6,15H,7,14H2,1H3. The second kappa shape index (κ2) is 5.78. The average molecular weight is 408 g/mol. The molecule has 0 spiro atoms. The normalized spacial score (nSPS) is 11.5. The first-order valence-corrected chi connectivity index (χ1v) is 8.88. The van der Waals surface area contributed by atoms with Gasteiger partial charge in [-0.2, -0.15) is 0 Å². The molecule has 102 valence electrons. The number of halogens is 1. The molecule has 0 saturated heterocycles. The minimum atomic E-state index is -3.53. The minimum Gasteiger partial charge on any atom is -0.326 e. The Morgan fingerprint density at radius 2 is 1.95 bits per heavy atom. The lowest BCUT2D eigenvalue weighted by atomic mass is 10.3. The Balaban J connectivity index is 2.29. The maximum absolute atomic E-state index is 12.2. The molecular formula is C12H13IN2O2S2. The van der Waals surface area contributed by atoms with E-state index in [1.807, 2.05) is 19.1 Å². The number of nitrogens with one attached hydrogen (secondary N) is 1. The molecule has 0 aliphatic carbocycles. The van der Waals surface area contributed by atoms with Crippen LogP contribution in [0.1, 0.15) is 10.4 Å². The summed E-state index contributed by atoms with van der Waals surface area (Å²) in [6.45, 7) is 2.22. The van der Waals surface area contributed by atoms with Gasteiger partial charge in [-0.15, -0.1) is 11.3 Å². The highest BCUT2D eigenvalue weighted by atomic mass is 127. The molecule has 0 radical (unpaired) electrons. The van der Waals surface area contributed by atoms with Crippen LogP contribution in [0.15, 0.2) is 34.5 Å². The van der Waals surface area contributed by atoms with Crippen LogP contribution < -0.4 is 10.5 Å². The fraction of sp³-hybridized carbons (Fsp3) is 0.167. The van der Waals surface area contributed by atoms with Gasteiger partial charge in [0.1, 0.15) is 4.21 Å².